The van der Waals surface area contributed by atoms with Crippen molar-refractivity contribution in [2.45, 2.75) is 30.8 Å². The van der Waals surface area contributed by atoms with Crippen LogP contribution in [-0.2, 0) is 16.6 Å². The van der Waals surface area contributed by atoms with E-state index in [4.69, 9.17) is 0 Å². The van der Waals surface area contributed by atoms with Crippen molar-refractivity contribution in [3.8, 4) is 0 Å². The smallest absolute Gasteiger partial charge is 0.241 e. The van der Waals surface area contributed by atoms with Crippen LogP contribution in [0, 0.1) is 12.7 Å². The van der Waals surface area contributed by atoms with Crippen molar-refractivity contribution in [3.05, 3.63) is 65.6 Å². The molecule has 4 rings (SSSR count). The predicted octanol–water partition coefficient (Wildman–Crippen LogP) is 3.17. The van der Waals surface area contributed by atoms with Gasteiger partial charge in [-0.15, -0.1) is 0 Å². The van der Waals surface area contributed by atoms with E-state index in [0.717, 1.165) is 31.1 Å². The van der Waals surface area contributed by atoms with Gasteiger partial charge in [-0.3, -0.25) is 4.90 Å². The molecule has 2 N–H and O–H groups in total. The number of aryl methyl sites for hydroxylation is 1. The summed E-state index contributed by atoms with van der Waals surface area (Å²) in [7, 11) is -3.74. The van der Waals surface area contributed by atoms with Gasteiger partial charge in [-0.25, -0.2) is 17.5 Å². The molecule has 1 aromatic heterocycles. The second kappa shape index (κ2) is 7.07. The number of sulfonamides is 1. The standard InChI is InChI=1S/C20H22FN3O2S/c1-14-2-4-17(21)11-20(14)27(25,26)23-18-7-9-24(13-18)12-15-3-5-19-16(10-15)6-8-22-19/h2-6,8,10-11,18,22-23H,7,9,12-13H2,1H3/t18-/m1/s1. The first-order valence-corrected chi connectivity index (χ1v) is 10.5. The van der Waals surface area contributed by atoms with Crippen molar-refractivity contribution >= 4 is 20.9 Å². The van der Waals surface area contributed by atoms with Crippen LogP contribution in [0.3, 0.4) is 0 Å². The van der Waals surface area contributed by atoms with Crippen LogP contribution < -0.4 is 4.72 Å². The Morgan fingerprint density at radius 3 is 2.93 bits per heavy atom. The van der Waals surface area contributed by atoms with Crippen LogP contribution in [0.4, 0.5) is 4.39 Å². The lowest BCUT2D eigenvalue weighted by Gasteiger charge is -2.17. The summed E-state index contributed by atoms with van der Waals surface area (Å²) in [6.45, 7) is 3.91. The minimum Gasteiger partial charge on any atom is -0.361 e. The van der Waals surface area contributed by atoms with Gasteiger partial charge in [-0.2, -0.15) is 0 Å². The minimum absolute atomic E-state index is 0.0128. The molecule has 142 valence electrons. The fourth-order valence-corrected chi connectivity index (χ4v) is 5.20. The lowest BCUT2D eigenvalue weighted by molar-refractivity contribution is 0.325. The highest BCUT2D eigenvalue weighted by Crippen LogP contribution is 2.21. The van der Waals surface area contributed by atoms with Gasteiger partial charge in [0.25, 0.3) is 0 Å². The van der Waals surface area contributed by atoms with Crippen LogP contribution in [0.1, 0.15) is 17.5 Å². The number of fused-ring (bicyclic) bond motifs is 1. The Hall–Kier alpha value is -2.22. The Bertz CT molecular complexity index is 1080. The lowest BCUT2D eigenvalue weighted by atomic mass is 10.1. The second-order valence-electron chi connectivity index (χ2n) is 7.15. The fraction of sp³-hybridized carbons (Fsp3) is 0.300. The summed E-state index contributed by atoms with van der Waals surface area (Å²) in [5.41, 5.74) is 2.85. The molecule has 0 radical (unpaired) electrons. The van der Waals surface area contributed by atoms with Crippen molar-refractivity contribution in [1.82, 2.24) is 14.6 Å². The summed E-state index contributed by atoms with van der Waals surface area (Å²) in [4.78, 5) is 5.43. The van der Waals surface area contributed by atoms with Crippen LogP contribution in [0.5, 0.6) is 0 Å². The Kier molecular flexibility index (Phi) is 4.75. The average Bonchev–Trinajstić information content (AvgIpc) is 3.25. The number of likely N-dealkylation sites (tertiary alicyclic amines) is 1. The number of nitrogens with one attached hydrogen (secondary N) is 2. The normalized spacial score (nSPS) is 18.4. The van der Waals surface area contributed by atoms with E-state index in [1.165, 1.54) is 23.1 Å². The maximum Gasteiger partial charge on any atom is 0.241 e. The first kappa shape index (κ1) is 18.2. The molecular formula is C20H22FN3O2S. The molecule has 1 aliphatic rings. The van der Waals surface area contributed by atoms with E-state index in [1.807, 2.05) is 12.3 Å². The third-order valence-corrected chi connectivity index (χ3v) is 6.72. The number of hydrogen-bond donors (Lipinski definition) is 2. The Balaban J connectivity index is 1.42. The SMILES string of the molecule is Cc1ccc(F)cc1S(=O)(=O)N[C@@H]1CCN(Cc2ccc3[nH]ccc3c2)C1. The molecular weight excluding hydrogens is 365 g/mol. The van der Waals surface area contributed by atoms with Gasteiger partial charge in [0.05, 0.1) is 4.90 Å². The lowest BCUT2D eigenvalue weighted by Crippen LogP contribution is -2.37. The first-order chi connectivity index (χ1) is 12.9. The molecule has 0 aliphatic carbocycles. The van der Waals surface area contributed by atoms with E-state index >= 15 is 0 Å². The van der Waals surface area contributed by atoms with Gasteiger partial charge >= 0.3 is 0 Å². The number of halogens is 1. The Morgan fingerprint density at radius 1 is 1.22 bits per heavy atom. The van der Waals surface area contributed by atoms with Gasteiger partial charge < -0.3 is 4.98 Å². The van der Waals surface area contributed by atoms with Crippen LogP contribution in [0.2, 0.25) is 0 Å². The van der Waals surface area contributed by atoms with Crippen molar-refractivity contribution in [1.29, 1.82) is 0 Å². The molecule has 2 heterocycles. The zero-order valence-corrected chi connectivity index (χ0v) is 15.9. The number of aromatic amines is 1. The molecule has 3 aromatic rings. The quantitative estimate of drug-likeness (QED) is 0.707. The zero-order valence-electron chi connectivity index (χ0n) is 15.1. The largest absolute Gasteiger partial charge is 0.361 e. The molecule has 2 aromatic carbocycles. The van der Waals surface area contributed by atoms with Crippen LogP contribution in [0.25, 0.3) is 10.9 Å². The maximum atomic E-state index is 13.5. The van der Waals surface area contributed by atoms with Crippen LogP contribution in [0.15, 0.2) is 53.6 Å². The van der Waals surface area contributed by atoms with Crippen molar-refractivity contribution in [2.75, 3.05) is 13.1 Å². The van der Waals surface area contributed by atoms with Crippen LogP contribution in [-0.4, -0.2) is 37.4 Å². The molecule has 1 saturated heterocycles. The third-order valence-electron chi connectivity index (χ3n) is 5.06. The van der Waals surface area contributed by atoms with Gasteiger partial charge in [0, 0.05) is 37.4 Å². The highest BCUT2D eigenvalue weighted by atomic mass is 32.2. The summed E-state index contributed by atoms with van der Waals surface area (Å²) in [5, 5.41) is 1.17. The number of hydrogen-bond acceptors (Lipinski definition) is 3. The van der Waals surface area contributed by atoms with E-state index in [-0.39, 0.29) is 10.9 Å². The van der Waals surface area contributed by atoms with E-state index in [2.05, 4.69) is 32.8 Å². The topological polar surface area (TPSA) is 65.2 Å². The van der Waals surface area contributed by atoms with Crippen molar-refractivity contribution in [3.63, 3.8) is 0 Å². The van der Waals surface area contributed by atoms with Crippen molar-refractivity contribution in [2.24, 2.45) is 0 Å². The van der Waals surface area contributed by atoms with E-state index in [1.54, 1.807) is 6.92 Å². The maximum absolute atomic E-state index is 13.5. The Labute approximate surface area is 158 Å². The molecule has 1 aliphatic heterocycles. The Morgan fingerprint density at radius 2 is 2.07 bits per heavy atom. The molecule has 5 nitrogen and oxygen atoms in total. The third kappa shape index (κ3) is 3.90. The molecule has 0 amide bonds. The highest BCUT2D eigenvalue weighted by Gasteiger charge is 2.28. The summed E-state index contributed by atoms with van der Waals surface area (Å²) in [5.74, 6) is -0.547. The van der Waals surface area contributed by atoms with Gasteiger partial charge in [0.2, 0.25) is 10.0 Å². The second-order valence-corrected chi connectivity index (χ2v) is 8.83. The van der Waals surface area contributed by atoms with E-state index in [0.29, 0.717) is 12.1 Å². The van der Waals surface area contributed by atoms with E-state index < -0.39 is 15.8 Å². The van der Waals surface area contributed by atoms with Gasteiger partial charge in [0.15, 0.2) is 0 Å². The molecule has 0 saturated carbocycles. The van der Waals surface area contributed by atoms with Crippen LogP contribution >= 0.6 is 0 Å². The number of benzene rings is 2. The number of rotatable bonds is 5. The number of aromatic nitrogens is 1. The van der Waals surface area contributed by atoms with Crippen molar-refractivity contribution < 1.29 is 12.8 Å². The summed E-state index contributed by atoms with van der Waals surface area (Å²) >= 11 is 0. The molecule has 1 atom stereocenters. The van der Waals surface area contributed by atoms with Gasteiger partial charge in [0.1, 0.15) is 5.82 Å². The monoisotopic (exact) mass is 387 g/mol. The molecule has 1 fully saturated rings. The molecule has 0 spiro atoms. The average molecular weight is 387 g/mol. The van der Waals surface area contributed by atoms with Gasteiger partial charge in [-0.1, -0.05) is 12.1 Å². The summed E-state index contributed by atoms with van der Waals surface area (Å²) in [6.07, 6.45) is 2.66. The number of nitrogens with zero attached hydrogens (tertiary/aromatic N) is 1. The molecule has 0 bridgehead atoms. The molecule has 0 unspecified atom stereocenters. The highest BCUT2D eigenvalue weighted by molar-refractivity contribution is 7.89. The first-order valence-electron chi connectivity index (χ1n) is 8.97. The molecule has 27 heavy (non-hydrogen) atoms. The summed E-state index contributed by atoms with van der Waals surface area (Å²) in [6, 6.07) is 12.0. The number of H-pyrrole nitrogens is 1. The summed E-state index contributed by atoms with van der Waals surface area (Å²) < 4.78 is 41.5. The zero-order chi connectivity index (χ0) is 19.0. The fourth-order valence-electron chi connectivity index (χ4n) is 3.68. The van der Waals surface area contributed by atoms with Gasteiger partial charge in [-0.05, 0) is 60.2 Å². The minimum atomic E-state index is -3.74. The predicted molar refractivity (Wildman–Crippen MR) is 103 cm³/mol. The molecule has 7 heteroatoms. The van der Waals surface area contributed by atoms with E-state index in [9.17, 15) is 12.8 Å².